The van der Waals surface area contributed by atoms with Crippen molar-refractivity contribution >= 4 is 34.5 Å². The second-order valence-corrected chi connectivity index (χ2v) is 8.78. The van der Waals surface area contributed by atoms with Gasteiger partial charge in [-0.3, -0.25) is 9.59 Å². The fourth-order valence-electron chi connectivity index (χ4n) is 3.19. The maximum Gasteiger partial charge on any atom is 0.268 e. The number of hydrogen-bond acceptors (Lipinski definition) is 7. The van der Waals surface area contributed by atoms with E-state index in [1.165, 1.54) is 11.3 Å². The monoisotopic (exact) mass is 416 g/mol. The summed E-state index contributed by atoms with van der Waals surface area (Å²) in [6.07, 6.45) is 1.43. The molecular formula is C19H20N4O3S2. The lowest BCUT2D eigenvalue weighted by molar-refractivity contribution is -0.134. The lowest BCUT2D eigenvalue weighted by Crippen LogP contribution is -2.42. The Morgan fingerprint density at radius 1 is 1.25 bits per heavy atom. The Hall–Kier alpha value is -2.52. The normalized spacial score (nSPS) is 15.0. The molecule has 9 heteroatoms. The van der Waals surface area contributed by atoms with Gasteiger partial charge in [-0.25, -0.2) is 0 Å². The molecule has 0 atom stereocenters. The van der Waals surface area contributed by atoms with Crippen LogP contribution in [0.25, 0.3) is 21.5 Å². The topological polar surface area (TPSA) is 88.3 Å². The Labute approximate surface area is 170 Å². The molecule has 3 aromatic rings. The second kappa shape index (κ2) is 8.24. The summed E-state index contributed by atoms with van der Waals surface area (Å²) in [5.74, 6) is 1.18. The number of carbonyl (C=O) groups is 2. The quantitative estimate of drug-likeness (QED) is 0.689. The standard InChI is InChI=1S/C19H20N4O3S2/c1-12(24)23-8-6-13(7-9-23)18(25)20-11-14-4-5-16(28-14)19-21-17(22-26-19)15-3-2-10-27-15/h2-5,10,13H,6-9,11H2,1H3,(H,20,25). The van der Waals surface area contributed by atoms with Gasteiger partial charge in [-0.15, -0.1) is 22.7 Å². The van der Waals surface area contributed by atoms with Crippen LogP contribution in [0.1, 0.15) is 24.6 Å². The molecule has 4 heterocycles. The molecule has 1 aliphatic rings. The van der Waals surface area contributed by atoms with Gasteiger partial charge >= 0.3 is 0 Å². The fourth-order valence-corrected chi connectivity index (χ4v) is 4.71. The minimum absolute atomic E-state index is 0.0284. The highest BCUT2D eigenvalue weighted by Gasteiger charge is 2.25. The number of nitrogens with one attached hydrogen (secondary N) is 1. The van der Waals surface area contributed by atoms with Crippen molar-refractivity contribution in [2.45, 2.75) is 26.3 Å². The summed E-state index contributed by atoms with van der Waals surface area (Å²) in [5, 5.41) is 9.01. The smallest absolute Gasteiger partial charge is 0.268 e. The van der Waals surface area contributed by atoms with Crippen molar-refractivity contribution in [2.24, 2.45) is 5.92 Å². The van der Waals surface area contributed by atoms with Crippen molar-refractivity contribution in [2.75, 3.05) is 13.1 Å². The van der Waals surface area contributed by atoms with Crippen molar-refractivity contribution < 1.29 is 14.1 Å². The van der Waals surface area contributed by atoms with E-state index in [0.29, 0.717) is 44.2 Å². The van der Waals surface area contributed by atoms with Crippen LogP contribution in [0, 0.1) is 5.92 Å². The predicted molar refractivity (Wildman–Crippen MR) is 108 cm³/mol. The van der Waals surface area contributed by atoms with E-state index in [2.05, 4.69) is 15.5 Å². The molecule has 28 heavy (non-hydrogen) atoms. The van der Waals surface area contributed by atoms with Crippen LogP contribution in [-0.4, -0.2) is 39.9 Å². The molecule has 0 unspecified atom stereocenters. The Balaban J connectivity index is 1.32. The zero-order chi connectivity index (χ0) is 19.5. The van der Waals surface area contributed by atoms with Gasteiger partial charge in [0.1, 0.15) is 0 Å². The molecule has 1 fully saturated rings. The number of amides is 2. The number of rotatable bonds is 5. The summed E-state index contributed by atoms with van der Waals surface area (Å²) in [6, 6.07) is 7.80. The number of piperidine rings is 1. The molecule has 0 saturated carbocycles. The molecular weight excluding hydrogens is 396 g/mol. The van der Waals surface area contributed by atoms with Crippen molar-refractivity contribution in [1.29, 1.82) is 0 Å². The van der Waals surface area contributed by atoms with Gasteiger partial charge in [-0.05, 0) is 36.4 Å². The van der Waals surface area contributed by atoms with Crippen molar-refractivity contribution in [3.63, 3.8) is 0 Å². The molecule has 146 valence electrons. The second-order valence-electron chi connectivity index (χ2n) is 6.66. The van der Waals surface area contributed by atoms with Crippen LogP contribution in [-0.2, 0) is 16.1 Å². The molecule has 2 amide bonds. The van der Waals surface area contributed by atoms with Crippen LogP contribution in [0.15, 0.2) is 34.2 Å². The first-order valence-electron chi connectivity index (χ1n) is 9.10. The Morgan fingerprint density at radius 2 is 2.07 bits per heavy atom. The minimum Gasteiger partial charge on any atom is -0.351 e. The van der Waals surface area contributed by atoms with Crippen LogP contribution in [0.5, 0.6) is 0 Å². The van der Waals surface area contributed by atoms with Crippen molar-refractivity contribution in [3.05, 3.63) is 34.5 Å². The number of likely N-dealkylation sites (tertiary alicyclic amines) is 1. The van der Waals surface area contributed by atoms with E-state index >= 15 is 0 Å². The van der Waals surface area contributed by atoms with Crippen LogP contribution >= 0.6 is 22.7 Å². The third kappa shape index (κ3) is 4.15. The highest BCUT2D eigenvalue weighted by Crippen LogP contribution is 2.30. The maximum absolute atomic E-state index is 12.4. The average molecular weight is 417 g/mol. The van der Waals surface area contributed by atoms with Crippen LogP contribution in [0.4, 0.5) is 0 Å². The molecule has 0 bridgehead atoms. The van der Waals surface area contributed by atoms with E-state index in [4.69, 9.17) is 4.52 Å². The van der Waals surface area contributed by atoms with E-state index < -0.39 is 0 Å². The average Bonchev–Trinajstić information content (AvgIpc) is 3.46. The first-order valence-corrected chi connectivity index (χ1v) is 10.8. The Kier molecular flexibility index (Phi) is 5.54. The summed E-state index contributed by atoms with van der Waals surface area (Å²) in [5.41, 5.74) is 0. The maximum atomic E-state index is 12.4. The highest BCUT2D eigenvalue weighted by molar-refractivity contribution is 7.15. The van der Waals surface area contributed by atoms with Gasteiger partial charge < -0.3 is 14.7 Å². The zero-order valence-electron chi connectivity index (χ0n) is 15.4. The van der Waals surface area contributed by atoms with E-state index in [9.17, 15) is 9.59 Å². The van der Waals surface area contributed by atoms with Crippen molar-refractivity contribution in [3.8, 4) is 21.5 Å². The lowest BCUT2D eigenvalue weighted by atomic mass is 9.96. The van der Waals surface area contributed by atoms with Gasteiger partial charge in [0.25, 0.3) is 5.89 Å². The zero-order valence-corrected chi connectivity index (χ0v) is 17.0. The molecule has 0 radical (unpaired) electrons. The minimum atomic E-state index is -0.0284. The van der Waals surface area contributed by atoms with Gasteiger partial charge in [0.2, 0.25) is 17.6 Å². The fraction of sp³-hybridized carbons (Fsp3) is 0.368. The largest absolute Gasteiger partial charge is 0.351 e. The Bertz CT molecular complexity index is 956. The molecule has 0 spiro atoms. The SMILES string of the molecule is CC(=O)N1CCC(C(=O)NCc2ccc(-c3nc(-c4cccs4)no3)s2)CC1. The molecule has 1 N–H and O–H groups in total. The summed E-state index contributed by atoms with van der Waals surface area (Å²) >= 11 is 3.09. The predicted octanol–water partition coefficient (Wildman–Crippen LogP) is 3.40. The highest BCUT2D eigenvalue weighted by atomic mass is 32.1. The third-order valence-corrected chi connectivity index (χ3v) is 6.73. The molecule has 4 rings (SSSR count). The third-order valence-electron chi connectivity index (χ3n) is 4.79. The van der Waals surface area contributed by atoms with Gasteiger partial charge in [-0.1, -0.05) is 11.2 Å². The van der Waals surface area contributed by atoms with Gasteiger partial charge in [0, 0.05) is 30.8 Å². The summed E-state index contributed by atoms with van der Waals surface area (Å²) < 4.78 is 5.37. The van der Waals surface area contributed by atoms with Gasteiger partial charge in [-0.2, -0.15) is 4.98 Å². The first kappa shape index (κ1) is 18.8. The summed E-state index contributed by atoms with van der Waals surface area (Å²) in [7, 11) is 0. The summed E-state index contributed by atoms with van der Waals surface area (Å²) in [4.78, 5) is 32.9. The molecule has 0 aliphatic carbocycles. The molecule has 7 nitrogen and oxygen atoms in total. The van der Waals surface area contributed by atoms with Crippen molar-refractivity contribution in [1.82, 2.24) is 20.4 Å². The molecule has 1 saturated heterocycles. The first-order chi connectivity index (χ1) is 13.6. The molecule has 0 aromatic carbocycles. The summed E-state index contributed by atoms with van der Waals surface area (Å²) in [6.45, 7) is 3.35. The van der Waals surface area contributed by atoms with E-state index in [-0.39, 0.29) is 17.7 Å². The number of hydrogen-bond donors (Lipinski definition) is 1. The number of carbonyl (C=O) groups excluding carboxylic acids is 2. The van der Waals surface area contributed by atoms with Gasteiger partial charge in [0.15, 0.2) is 0 Å². The lowest BCUT2D eigenvalue weighted by Gasteiger charge is -2.30. The van der Waals surface area contributed by atoms with Gasteiger partial charge in [0.05, 0.1) is 16.3 Å². The van der Waals surface area contributed by atoms with Crippen LogP contribution in [0.3, 0.4) is 0 Å². The molecule has 3 aromatic heterocycles. The van der Waals surface area contributed by atoms with Crippen LogP contribution < -0.4 is 5.32 Å². The molecule has 1 aliphatic heterocycles. The number of nitrogens with zero attached hydrogens (tertiary/aromatic N) is 3. The number of aromatic nitrogens is 2. The number of thiophene rings is 2. The van der Waals surface area contributed by atoms with E-state index in [0.717, 1.165) is 14.6 Å². The van der Waals surface area contributed by atoms with E-state index in [1.54, 1.807) is 23.2 Å². The van der Waals surface area contributed by atoms with Crippen LogP contribution in [0.2, 0.25) is 0 Å². The van der Waals surface area contributed by atoms with E-state index in [1.807, 2.05) is 29.6 Å². The Morgan fingerprint density at radius 3 is 2.79 bits per heavy atom.